The van der Waals surface area contributed by atoms with Gasteiger partial charge in [-0.3, -0.25) is 4.98 Å². The van der Waals surface area contributed by atoms with Crippen molar-refractivity contribution in [3.8, 4) is 0 Å². The van der Waals surface area contributed by atoms with Crippen LogP contribution in [0.3, 0.4) is 0 Å². The van der Waals surface area contributed by atoms with E-state index < -0.39 is 5.60 Å². The lowest BCUT2D eigenvalue weighted by Gasteiger charge is -2.39. The number of aromatic nitrogens is 1. The Morgan fingerprint density at radius 2 is 2.10 bits per heavy atom. The summed E-state index contributed by atoms with van der Waals surface area (Å²) in [6.45, 7) is 5.17. The molecule has 1 atom stereocenters. The number of rotatable bonds is 3. The number of hydrogen-bond acceptors (Lipinski definition) is 3. The van der Waals surface area contributed by atoms with Gasteiger partial charge in [-0.2, -0.15) is 0 Å². The summed E-state index contributed by atoms with van der Waals surface area (Å²) < 4.78 is 0. The lowest BCUT2D eigenvalue weighted by atomic mass is 9.86. The first-order valence-electron chi connectivity index (χ1n) is 8.19. The Morgan fingerprint density at radius 3 is 2.71 bits per heavy atom. The average molecular weight is 286 g/mol. The van der Waals surface area contributed by atoms with E-state index in [-0.39, 0.29) is 0 Å². The maximum Gasteiger partial charge on any atom is 0.109 e. The van der Waals surface area contributed by atoms with Gasteiger partial charge in [0.2, 0.25) is 0 Å². The highest BCUT2D eigenvalue weighted by Gasteiger charge is 2.35. The molecular weight excluding hydrogens is 260 g/mol. The molecule has 1 aromatic rings. The third-order valence-electron chi connectivity index (χ3n) is 4.97. The molecule has 2 heterocycles. The molecule has 0 aromatic carbocycles. The molecule has 3 nitrogen and oxygen atoms in total. The molecule has 1 saturated heterocycles. The molecule has 1 aromatic heterocycles. The number of nitrogens with zero attached hydrogens (tertiary/aromatic N) is 2. The largest absolute Gasteiger partial charge is 0.383 e. The molecule has 0 saturated carbocycles. The van der Waals surface area contributed by atoms with Crippen molar-refractivity contribution in [2.75, 3.05) is 19.6 Å². The zero-order valence-electron chi connectivity index (χ0n) is 13.0. The Balaban J connectivity index is 1.56. The minimum absolute atomic E-state index is 0.726. The van der Waals surface area contributed by atoms with Crippen LogP contribution in [-0.2, 0) is 5.60 Å². The second kappa shape index (κ2) is 6.29. The van der Waals surface area contributed by atoms with Gasteiger partial charge in [0, 0.05) is 25.8 Å². The highest BCUT2D eigenvalue weighted by molar-refractivity contribution is 5.18. The predicted octanol–water partition coefficient (Wildman–Crippen LogP) is 3.03. The van der Waals surface area contributed by atoms with Crippen LogP contribution in [0.1, 0.15) is 43.4 Å². The molecule has 0 bridgehead atoms. The third-order valence-corrected chi connectivity index (χ3v) is 4.97. The number of pyridine rings is 1. The predicted molar refractivity (Wildman–Crippen MR) is 85.0 cm³/mol. The molecule has 1 aliphatic heterocycles. The van der Waals surface area contributed by atoms with Crippen molar-refractivity contribution in [1.29, 1.82) is 0 Å². The molecule has 0 spiro atoms. The minimum Gasteiger partial charge on any atom is -0.383 e. The average Bonchev–Trinajstić information content (AvgIpc) is 2.51. The lowest BCUT2D eigenvalue weighted by Crippen LogP contribution is -2.44. The van der Waals surface area contributed by atoms with Crippen molar-refractivity contribution in [1.82, 2.24) is 9.88 Å². The number of piperidine rings is 1. The van der Waals surface area contributed by atoms with Crippen LogP contribution in [0, 0.1) is 12.8 Å². The summed E-state index contributed by atoms with van der Waals surface area (Å²) in [7, 11) is 0. The van der Waals surface area contributed by atoms with E-state index in [0.29, 0.717) is 0 Å². The van der Waals surface area contributed by atoms with E-state index in [0.717, 1.165) is 43.1 Å². The fourth-order valence-electron chi connectivity index (χ4n) is 3.49. The number of aliphatic hydroxyl groups is 1. The Bertz CT molecular complexity index is 486. The molecule has 1 N–H and O–H groups in total. The molecule has 1 fully saturated rings. The van der Waals surface area contributed by atoms with E-state index in [1.807, 2.05) is 25.3 Å². The van der Waals surface area contributed by atoms with Crippen LogP contribution in [0.5, 0.6) is 0 Å². The maximum atomic E-state index is 10.9. The summed E-state index contributed by atoms with van der Waals surface area (Å²) in [4.78, 5) is 6.96. The molecule has 0 unspecified atom stereocenters. The lowest BCUT2D eigenvalue weighted by molar-refractivity contribution is -0.0323. The van der Waals surface area contributed by atoms with Crippen molar-refractivity contribution in [3.05, 3.63) is 41.7 Å². The second-order valence-electron chi connectivity index (χ2n) is 6.70. The first-order valence-corrected chi connectivity index (χ1v) is 8.19. The molecular formula is C18H26N2O. The maximum absolute atomic E-state index is 10.9. The third kappa shape index (κ3) is 3.53. The van der Waals surface area contributed by atoms with Gasteiger partial charge in [-0.1, -0.05) is 18.2 Å². The summed E-state index contributed by atoms with van der Waals surface area (Å²) in [6.07, 6.45) is 11.8. The summed E-state index contributed by atoms with van der Waals surface area (Å²) in [6, 6.07) is 4.03. The normalized spacial score (nSPS) is 25.9. The molecule has 21 heavy (non-hydrogen) atoms. The highest BCUT2D eigenvalue weighted by Crippen LogP contribution is 2.32. The zero-order chi connectivity index (χ0) is 14.7. The Kier molecular flexibility index (Phi) is 4.41. The molecule has 0 amide bonds. The molecule has 1 aliphatic carbocycles. The summed E-state index contributed by atoms with van der Waals surface area (Å²) in [5, 5.41) is 10.9. The van der Waals surface area contributed by atoms with Gasteiger partial charge in [-0.25, -0.2) is 0 Å². The van der Waals surface area contributed by atoms with Crippen LogP contribution in [0.2, 0.25) is 0 Å². The van der Waals surface area contributed by atoms with Crippen molar-refractivity contribution in [2.45, 2.75) is 44.6 Å². The van der Waals surface area contributed by atoms with Gasteiger partial charge in [0.15, 0.2) is 0 Å². The van der Waals surface area contributed by atoms with Crippen LogP contribution in [-0.4, -0.2) is 34.6 Å². The molecule has 3 rings (SSSR count). The van der Waals surface area contributed by atoms with E-state index in [1.165, 1.54) is 25.8 Å². The van der Waals surface area contributed by atoms with Gasteiger partial charge in [0.25, 0.3) is 0 Å². The van der Waals surface area contributed by atoms with Gasteiger partial charge >= 0.3 is 0 Å². The summed E-state index contributed by atoms with van der Waals surface area (Å²) >= 11 is 0. The van der Waals surface area contributed by atoms with E-state index in [4.69, 9.17) is 0 Å². The standard InChI is InChI=1S/C18H26N2O/c1-15-7-8-17(19-13-15)18(21)9-11-20(12-10-18)14-16-5-3-2-4-6-16/h2-3,7-8,13,16,21H,4-6,9-12,14H2,1H3/t16-/m1/s1. The van der Waals surface area contributed by atoms with E-state index >= 15 is 0 Å². The van der Waals surface area contributed by atoms with Gasteiger partial charge in [-0.15, -0.1) is 0 Å². The number of likely N-dealkylation sites (tertiary alicyclic amines) is 1. The van der Waals surface area contributed by atoms with Crippen LogP contribution >= 0.6 is 0 Å². The van der Waals surface area contributed by atoms with Crippen molar-refractivity contribution < 1.29 is 5.11 Å². The first-order chi connectivity index (χ1) is 10.2. The van der Waals surface area contributed by atoms with E-state index in [9.17, 15) is 5.11 Å². The van der Waals surface area contributed by atoms with Gasteiger partial charge in [0.1, 0.15) is 5.60 Å². The monoisotopic (exact) mass is 286 g/mol. The van der Waals surface area contributed by atoms with Gasteiger partial charge < -0.3 is 10.0 Å². The fourth-order valence-corrected chi connectivity index (χ4v) is 3.49. The summed E-state index contributed by atoms with van der Waals surface area (Å²) in [5.41, 5.74) is 1.26. The quantitative estimate of drug-likeness (QED) is 0.868. The minimum atomic E-state index is -0.726. The van der Waals surface area contributed by atoms with E-state index in [2.05, 4.69) is 22.0 Å². The van der Waals surface area contributed by atoms with Crippen LogP contribution in [0.25, 0.3) is 0 Å². The SMILES string of the molecule is Cc1ccc(C2(O)CCN(C[C@@H]3CC=CCC3)CC2)nc1. The summed E-state index contributed by atoms with van der Waals surface area (Å²) in [5.74, 6) is 0.804. The van der Waals surface area contributed by atoms with Crippen LogP contribution in [0.4, 0.5) is 0 Å². The number of allylic oxidation sites excluding steroid dienone is 2. The van der Waals surface area contributed by atoms with Crippen molar-refractivity contribution >= 4 is 0 Å². The smallest absolute Gasteiger partial charge is 0.109 e. The Labute approximate surface area is 127 Å². The molecule has 3 heteroatoms. The van der Waals surface area contributed by atoms with Crippen LogP contribution < -0.4 is 0 Å². The molecule has 2 aliphatic rings. The fraction of sp³-hybridized carbons (Fsp3) is 0.611. The number of aryl methyl sites for hydroxylation is 1. The van der Waals surface area contributed by atoms with Gasteiger partial charge in [-0.05, 0) is 56.6 Å². The Morgan fingerprint density at radius 1 is 1.29 bits per heavy atom. The first kappa shape index (κ1) is 14.7. The number of hydrogen-bond donors (Lipinski definition) is 1. The van der Waals surface area contributed by atoms with Crippen LogP contribution in [0.15, 0.2) is 30.5 Å². The Hall–Kier alpha value is -1.19. The second-order valence-corrected chi connectivity index (χ2v) is 6.70. The zero-order valence-corrected chi connectivity index (χ0v) is 13.0. The molecule has 114 valence electrons. The van der Waals surface area contributed by atoms with Crippen molar-refractivity contribution in [2.24, 2.45) is 5.92 Å². The highest BCUT2D eigenvalue weighted by atomic mass is 16.3. The van der Waals surface area contributed by atoms with Gasteiger partial charge in [0.05, 0.1) is 5.69 Å². The molecule has 0 radical (unpaired) electrons. The van der Waals surface area contributed by atoms with Crippen molar-refractivity contribution in [3.63, 3.8) is 0 Å². The van der Waals surface area contributed by atoms with E-state index in [1.54, 1.807) is 0 Å². The topological polar surface area (TPSA) is 36.4 Å².